The SMILES string of the molecule is CCC1CCCCCN1C1(CN)CC(C)(C)OC1(C)C. The molecule has 118 valence electrons. The van der Waals surface area contributed by atoms with Gasteiger partial charge in [-0.05, 0) is 59.9 Å². The van der Waals surface area contributed by atoms with Gasteiger partial charge in [0.25, 0.3) is 0 Å². The summed E-state index contributed by atoms with van der Waals surface area (Å²) in [6, 6.07) is 0.665. The normalized spacial score (nSPS) is 37.8. The van der Waals surface area contributed by atoms with Crippen molar-refractivity contribution < 1.29 is 4.74 Å². The van der Waals surface area contributed by atoms with Crippen molar-refractivity contribution in [3.8, 4) is 0 Å². The third kappa shape index (κ3) is 2.65. The summed E-state index contributed by atoms with van der Waals surface area (Å²) < 4.78 is 6.41. The lowest BCUT2D eigenvalue weighted by molar-refractivity contribution is -0.111. The second kappa shape index (κ2) is 5.58. The minimum atomic E-state index is -0.178. The molecule has 0 aromatic carbocycles. The van der Waals surface area contributed by atoms with Gasteiger partial charge in [0.1, 0.15) is 0 Å². The Morgan fingerprint density at radius 2 is 1.85 bits per heavy atom. The van der Waals surface area contributed by atoms with E-state index in [2.05, 4.69) is 39.5 Å². The van der Waals surface area contributed by atoms with Crippen molar-refractivity contribution in [2.75, 3.05) is 13.1 Å². The van der Waals surface area contributed by atoms with Crippen molar-refractivity contribution in [1.29, 1.82) is 0 Å². The first-order valence-corrected chi connectivity index (χ1v) is 8.45. The maximum Gasteiger partial charge on any atom is 0.0830 e. The summed E-state index contributed by atoms with van der Waals surface area (Å²) in [6.45, 7) is 13.1. The maximum absolute atomic E-state index is 6.41. The summed E-state index contributed by atoms with van der Waals surface area (Å²) in [5.41, 5.74) is 6.08. The lowest BCUT2D eigenvalue weighted by atomic mass is 9.76. The quantitative estimate of drug-likeness (QED) is 0.863. The molecule has 0 spiro atoms. The highest BCUT2D eigenvalue weighted by atomic mass is 16.5. The first-order chi connectivity index (χ1) is 9.28. The smallest absolute Gasteiger partial charge is 0.0830 e. The zero-order chi connectivity index (χ0) is 15.0. The van der Waals surface area contributed by atoms with Gasteiger partial charge in [0.05, 0.1) is 16.7 Å². The summed E-state index contributed by atoms with van der Waals surface area (Å²) in [5.74, 6) is 0. The maximum atomic E-state index is 6.41. The number of rotatable bonds is 3. The highest BCUT2D eigenvalue weighted by Crippen LogP contribution is 2.49. The minimum Gasteiger partial charge on any atom is -0.368 e. The highest BCUT2D eigenvalue weighted by molar-refractivity contribution is 5.14. The Balaban J connectivity index is 2.38. The third-order valence-electron chi connectivity index (χ3n) is 5.61. The molecule has 0 saturated carbocycles. The molecule has 20 heavy (non-hydrogen) atoms. The van der Waals surface area contributed by atoms with E-state index >= 15 is 0 Å². The predicted molar refractivity (Wildman–Crippen MR) is 84.9 cm³/mol. The number of nitrogens with zero attached hydrogens (tertiary/aromatic N) is 1. The van der Waals surface area contributed by atoms with Crippen LogP contribution in [0, 0.1) is 0 Å². The van der Waals surface area contributed by atoms with Crippen molar-refractivity contribution in [3.63, 3.8) is 0 Å². The van der Waals surface area contributed by atoms with E-state index in [1.165, 1.54) is 38.6 Å². The van der Waals surface area contributed by atoms with Crippen molar-refractivity contribution in [3.05, 3.63) is 0 Å². The zero-order valence-electron chi connectivity index (χ0n) is 14.2. The van der Waals surface area contributed by atoms with Gasteiger partial charge in [-0.2, -0.15) is 0 Å². The van der Waals surface area contributed by atoms with E-state index in [0.29, 0.717) is 12.6 Å². The second-order valence-electron chi connectivity index (χ2n) is 7.89. The van der Waals surface area contributed by atoms with Crippen molar-refractivity contribution >= 4 is 0 Å². The fourth-order valence-electron chi connectivity index (χ4n) is 4.79. The molecule has 2 aliphatic heterocycles. The van der Waals surface area contributed by atoms with Crippen molar-refractivity contribution in [1.82, 2.24) is 4.90 Å². The lowest BCUT2D eigenvalue weighted by Gasteiger charge is -2.50. The van der Waals surface area contributed by atoms with Gasteiger partial charge >= 0.3 is 0 Å². The molecule has 2 atom stereocenters. The third-order valence-corrected chi connectivity index (χ3v) is 5.61. The van der Waals surface area contributed by atoms with E-state index in [1.807, 2.05) is 0 Å². The standard InChI is InChI=1S/C17H34N2O/c1-6-14-10-8-7-9-11-19(14)17(13-18)12-15(2,3)20-16(17,4)5/h14H,6-13,18H2,1-5H3. The minimum absolute atomic E-state index is 0.0124. The molecule has 0 amide bonds. The largest absolute Gasteiger partial charge is 0.368 e. The first kappa shape index (κ1) is 16.3. The van der Waals surface area contributed by atoms with Gasteiger partial charge < -0.3 is 10.5 Å². The average molecular weight is 282 g/mol. The van der Waals surface area contributed by atoms with Crippen LogP contribution in [-0.4, -0.2) is 40.8 Å². The van der Waals surface area contributed by atoms with Crippen LogP contribution in [0.2, 0.25) is 0 Å². The van der Waals surface area contributed by atoms with Crippen LogP contribution < -0.4 is 5.73 Å². The van der Waals surface area contributed by atoms with E-state index in [-0.39, 0.29) is 16.7 Å². The fourth-order valence-corrected chi connectivity index (χ4v) is 4.79. The molecular weight excluding hydrogens is 248 g/mol. The summed E-state index contributed by atoms with van der Waals surface area (Å²) in [7, 11) is 0. The molecule has 2 unspecified atom stereocenters. The van der Waals surface area contributed by atoms with Crippen LogP contribution in [0.1, 0.15) is 73.1 Å². The summed E-state index contributed by atoms with van der Waals surface area (Å²) >= 11 is 0. The summed E-state index contributed by atoms with van der Waals surface area (Å²) in [4.78, 5) is 2.73. The predicted octanol–water partition coefficient (Wildman–Crippen LogP) is 3.32. The molecule has 0 aliphatic carbocycles. The van der Waals surface area contributed by atoms with E-state index in [9.17, 15) is 0 Å². The second-order valence-corrected chi connectivity index (χ2v) is 7.89. The van der Waals surface area contributed by atoms with Crippen LogP contribution in [0.25, 0.3) is 0 Å². The van der Waals surface area contributed by atoms with Gasteiger partial charge in [0, 0.05) is 12.6 Å². The monoisotopic (exact) mass is 282 g/mol. The Hall–Kier alpha value is -0.120. The van der Waals surface area contributed by atoms with Gasteiger partial charge in [-0.1, -0.05) is 19.8 Å². The topological polar surface area (TPSA) is 38.5 Å². The van der Waals surface area contributed by atoms with Crippen LogP contribution in [0.5, 0.6) is 0 Å². The Kier molecular flexibility index (Phi) is 4.54. The molecular formula is C17H34N2O. The van der Waals surface area contributed by atoms with Gasteiger partial charge in [0.2, 0.25) is 0 Å². The van der Waals surface area contributed by atoms with Gasteiger partial charge in [0.15, 0.2) is 0 Å². The number of likely N-dealkylation sites (tertiary alicyclic amines) is 1. The Morgan fingerprint density at radius 3 is 2.35 bits per heavy atom. The highest BCUT2D eigenvalue weighted by Gasteiger charge is 2.60. The van der Waals surface area contributed by atoms with Gasteiger partial charge in [-0.3, -0.25) is 4.90 Å². The first-order valence-electron chi connectivity index (χ1n) is 8.45. The number of hydrogen-bond donors (Lipinski definition) is 1. The molecule has 0 aromatic heterocycles. The molecule has 2 saturated heterocycles. The molecule has 2 heterocycles. The molecule has 0 radical (unpaired) electrons. The molecule has 3 heteroatoms. The lowest BCUT2D eigenvalue weighted by Crippen LogP contribution is -2.65. The molecule has 2 fully saturated rings. The number of nitrogens with two attached hydrogens (primary N) is 1. The number of ether oxygens (including phenoxy) is 1. The summed E-state index contributed by atoms with van der Waals surface area (Å²) in [6.07, 6.45) is 7.60. The van der Waals surface area contributed by atoms with E-state index < -0.39 is 0 Å². The van der Waals surface area contributed by atoms with Crippen LogP contribution in [0.15, 0.2) is 0 Å². The van der Waals surface area contributed by atoms with Crippen molar-refractivity contribution in [2.45, 2.75) is 95.9 Å². The molecule has 2 rings (SSSR count). The zero-order valence-corrected chi connectivity index (χ0v) is 14.2. The van der Waals surface area contributed by atoms with Crippen molar-refractivity contribution in [2.24, 2.45) is 5.73 Å². The Labute approximate surface area is 125 Å². The van der Waals surface area contributed by atoms with Crippen LogP contribution in [0.4, 0.5) is 0 Å². The Morgan fingerprint density at radius 1 is 1.15 bits per heavy atom. The molecule has 2 aliphatic rings. The average Bonchev–Trinajstić information content (AvgIpc) is 2.53. The van der Waals surface area contributed by atoms with Crippen LogP contribution in [0.3, 0.4) is 0 Å². The molecule has 3 nitrogen and oxygen atoms in total. The fraction of sp³-hybridized carbons (Fsp3) is 1.00. The van der Waals surface area contributed by atoms with Crippen LogP contribution in [-0.2, 0) is 4.74 Å². The van der Waals surface area contributed by atoms with Crippen LogP contribution >= 0.6 is 0 Å². The van der Waals surface area contributed by atoms with E-state index in [4.69, 9.17) is 10.5 Å². The molecule has 2 N–H and O–H groups in total. The number of hydrogen-bond acceptors (Lipinski definition) is 3. The van der Waals surface area contributed by atoms with E-state index in [1.54, 1.807) is 0 Å². The van der Waals surface area contributed by atoms with E-state index in [0.717, 1.165) is 6.42 Å². The summed E-state index contributed by atoms with van der Waals surface area (Å²) in [5, 5.41) is 0. The Bertz CT molecular complexity index is 340. The van der Waals surface area contributed by atoms with Gasteiger partial charge in [-0.25, -0.2) is 0 Å². The molecule has 0 aromatic rings. The molecule has 0 bridgehead atoms. The van der Waals surface area contributed by atoms with Gasteiger partial charge in [-0.15, -0.1) is 0 Å².